The van der Waals surface area contributed by atoms with Gasteiger partial charge in [0.2, 0.25) is 0 Å². The molecule has 11 atom stereocenters. The smallest absolute Gasteiger partial charge is 0.162 e. The molecule has 60 heavy (non-hydrogen) atoms. The summed E-state index contributed by atoms with van der Waals surface area (Å²) in [6, 6.07) is 7.15. The van der Waals surface area contributed by atoms with Gasteiger partial charge in [-0.05, 0) is 123 Å². The lowest BCUT2D eigenvalue weighted by Gasteiger charge is -2.70. The highest BCUT2D eigenvalue weighted by Crippen LogP contribution is 2.75. The molecule has 9 aliphatic rings. The van der Waals surface area contributed by atoms with Gasteiger partial charge >= 0.3 is 0 Å². The fraction of sp³-hybridized carbons (Fsp3) is 0.712. The number of allylic oxidation sites excluding steroid dienone is 2. The summed E-state index contributed by atoms with van der Waals surface area (Å²) in [4.78, 5) is 35.4. The number of aliphatic hydroxyl groups excluding tert-OH is 2. The second-order valence-electron chi connectivity index (χ2n) is 23.3. The maximum atomic E-state index is 15.2. The third-order valence-corrected chi connectivity index (χ3v) is 19.0. The molecule has 8 nitrogen and oxygen atoms in total. The number of rotatable bonds is 6. The average molecular weight is 820 g/mol. The summed E-state index contributed by atoms with van der Waals surface area (Å²) in [5, 5.41) is 25.5. The number of epoxide rings is 1. The van der Waals surface area contributed by atoms with Crippen LogP contribution in [0.25, 0.3) is 0 Å². The zero-order valence-corrected chi connectivity index (χ0v) is 37.9. The van der Waals surface area contributed by atoms with Crippen molar-refractivity contribution in [3.63, 3.8) is 0 Å². The minimum absolute atomic E-state index is 0.0689. The molecule has 0 amide bonds. The Kier molecular flexibility index (Phi) is 9.37. The molecule has 1 aromatic rings. The molecular weight excluding hydrogens is 749 g/mol. The summed E-state index contributed by atoms with van der Waals surface area (Å²) in [5.41, 5.74) is 8.60. The van der Waals surface area contributed by atoms with Gasteiger partial charge in [0.25, 0.3) is 0 Å². The molecule has 10 rings (SSSR count). The number of benzene rings is 1. The van der Waals surface area contributed by atoms with Gasteiger partial charge < -0.3 is 19.7 Å². The number of nitrogens with one attached hydrogen (secondary N) is 1. The number of ether oxygens (including phenoxy) is 2. The monoisotopic (exact) mass is 820 g/mol. The van der Waals surface area contributed by atoms with Crippen molar-refractivity contribution in [1.29, 1.82) is 0 Å². The summed E-state index contributed by atoms with van der Waals surface area (Å²) in [6.45, 7) is 23.2. The number of hydrogen-bond donors (Lipinski definition) is 3. The first-order chi connectivity index (χ1) is 28.2. The molecule has 5 heterocycles. The molecule has 0 bridgehead atoms. The van der Waals surface area contributed by atoms with Crippen molar-refractivity contribution in [2.75, 3.05) is 26.3 Å². The van der Waals surface area contributed by atoms with Gasteiger partial charge in [-0.25, -0.2) is 4.99 Å². The topological polar surface area (TPSA) is 113 Å². The van der Waals surface area contributed by atoms with E-state index in [4.69, 9.17) is 14.5 Å². The maximum absolute atomic E-state index is 15.2. The minimum atomic E-state index is -0.710. The van der Waals surface area contributed by atoms with E-state index in [1.54, 1.807) is 0 Å². The predicted molar refractivity (Wildman–Crippen MR) is 233 cm³/mol. The number of carbonyl (C=O) groups excluding carboxylic acids is 2. The predicted octanol–water partition coefficient (Wildman–Crippen LogP) is 7.35. The van der Waals surface area contributed by atoms with E-state index < -0.39 is 28.5 Å². The van der Waals surface area contributed by atoms with Gasteiger partial charge in [-0.3, -0.25) is 14.5 Å². The lowest BCUT2D eigenvalue weighted by atomic mass is 9.34. The Morgan fingerprint density at radius 3 is 2.40 bits per heavy atom. The number of quaternary nitrogens is 1. The van der Waals surface area contributed by atoms with E-state index in [0.717, 1.165) is 76.0 Å². The Bertz CT molecular complexity index is 2170. The minimum Gasteiger partial charge on any atom is -0.392 e. The quantitative estimate of drug-likeness (QED) is 0.259. The summed E-state index contributed by atoms with van der Waals surface area (Å²) in [5.74, 6) is 0.927. The first-order valence-corrected chi connectivity index (χ1v) is 23.6. The van der Waals surface area contributed by atoms with Gasteiger partial charge in [-0.2, -0.15) is 0 Å². The number of aliphatic imine (C=N–C) groups is 1. The van der Waals surface area contributed by atoms with E-state index >= 15 is 4.79 Å². The van der Waals surface area contributed by atoms with Gasteiger partial charge in [0.15, 0.2) is 11.5 Å². The fourth-order valence-electron chi connectivity index (χ4n) is 15.9. The molecule has 8 heteroatoms. The van der Waals surface area contributed by atoms with Crippen LogP contribution < -0.4 is 4.90 Å². The Labute approximate surface area is 358 Å². The highest BCUT2D eigenvalue weighted by atomic mass is 16.6. The first kappa shape index (κ1) is 41.3. The van der Waals surface area contributed by atoms with Gasteiger partial charge in [0, 0.05) is 66.2 Å². The standard InChI is InChI=1S/C52H70N2O6/c1-29-20-30(22-33(21-29)31-13-18-59-19-14-31)23-34-27-54-28-35-40-41(49(6,24-37(56)46-48(4,5)60-46)15-10-32-26-53-42(34)43(32)54)36(55)25-52(40,9)51(8)17-11-38-47(2,3)39(57)12-16-50(38,7)45(51)44(35)58/h20-22,26,31,35,37-38,44-46,56,58H,10-19,23-25,27-28H2,1-9H3/p+1. The van der Waals surface area contributed by atoms with E-state index in [9.17, 15) is 15.0 Å². The second-order valence-corrected chi connectivity index (χ2v) is 23.3. The van der Waals surface area contributed by atoms with Crippen molar-refractivity contribution in [3.8, 4) is 0 Å². The zero-order valence-electron chi connectivity index (χ0n) is 37.9. The largest absolute Gasteiger partial charge is 0.392 e. The van der Waals surface area contributed by atoms with E-state index in [-0.39, 0.29) is 46.1 Å². The van der Waals surface area contributed by atoms with Crippen LogP contribution in [0.2, 0.25) is 0 Å². The third-order valence-electron chi connectivity index (χ3n) is 19.0. The Hall–Kier alpha value is -2.75. The number of fused-ring (bicyclic) bond motifs is 4. The third kappa shape index (κ3) is 5.88. The van der Waals surface area contributed by atoms with E-state index in [2.05, 4.69) is 72.9 Å². The van der Waals surface area contributed by atoms with Crippen LogP contribution in [0.1, 0.15) is 142 Å². The van der Waals surface area contributed by atoms with Crippen molar-refractivity contribution in [3.05, 3.63) is 68.6 Å². The van der Waals surface area contributed by atoms with Gasteiger partial charge in [-0.15, -0.1) is 0 Å². The molecule has 1 aromatic carbocycles. The van der Waals surface area contributed by atoms with Crippen molar-refractivity contribution in [2.45, 2.75) is 163 Å². The molecule has 0 spiro atoms. The molecule has 11 unspecified atom stereocenters. The number of carbonyl (C=O) groups is 2. The zero-order chi connectivity index (χ0) is 42.5. The van der Waals surface area contributed by atoms with Crippen LogP contribution in [-0.2, 0) is 25.5 Å². The second kappa shape index (κ2) is 13.6. The SMILES string of the molecule is Cc1cc(CC2=C3N=CC4=C3[NH+](C2)CC2C3=C(C(=O)CC3(C)C3(C)CCC5C(C)(C)C(=O)CCC5(C)C3C2O)C(C)(CC(O)C2OC2(C)C)CC4)cc(C2CCOCC2)c1. The number of nitrogens with zero attached hydrogens (tertiary/aromatic N) is 1. The van der Waals surface area contributed by atoms with Crippen LogP contribution in [0.4, 0.5) is 0 Å². The average Bonchev–Trinajstić information content (AvgIpc) is 3.43. The number of ketones is 2. The van der Waals surface area contributed by atoms with Crippen LogP contribution in [0.3, 0.4) is 0 Å². The summed E-state index contributed by atoms with van der Waals surface area (Å²) >= 11 is 0. The fourth-order valence-corrected chi connectivity index (χ4v) is 15.9. The van der Waals surface area contributed by atoms with Crippen LogP contribution in [-0.4, -0.2) is 78.2 Å². The van der Waals surface area contributed by atoms with E-state index in [0.29, 0.717) is 43.9 Å². The molecule has 324 valence electrons. The number of Topliss-reactive ketones (excluding diaryl/α,β-unsaturated/α-hetero) is 2. The summed E-state index contributed by atoms with van der Waals surface area (Å²) in [6.07, 6.45) is 8.89. The van der Waals surface area contributed by atoms with Crippen molar-refractivity contribution >= 4 is 17.8 Å². The molecule has 5 aliphatic heterocycles. The Morgan fingerprint density at radius 1 is 0.950 bits per heavy atom. The van der Waals surface area contributed by atoms with Crippen LogP contribution in [0.5, 0.6) is 0 Å². The molecule has 3 saturated carbocycles. The summed E-state index contributed by atoms with van der Waals surface area (Å²) in [7, 11) is 0. The van der Waals surface area contributed by atoms with Crippen LogP contribution in [0.15, 0.2) is 56.9 Å². The maximum Gasteiger partial charge on any atom is 0.162 e. The van der Waals surface area contributed by atoms with Gasteiger partial charge in [-0.1, -0.05) is 65.3 Å². The van der Waals surface area contributed by atoms with Gasteiger partial charge in [0.1, 0.15) is 24.1 Å². The molecule has 4 aliphatic carbocycles. The molecular formula is C52H71N2O6+. The number of hydrogen-bond acceptors (Lipinski definition) is 7. The first-order valence-electron chi connectivity index (χ1n) is 23.6. The van der Waals surface area contributed by atoms with Crippen LogP contribution >= 0.6 is 0 Å². The van der Waals surface area contributed by atoms with Gasteiger partial charge in [0.05, 0.1) is 30.3 Å². The number of aliphatic hydroxyl groups is 2. The molecule has 0 aromatic heterocycles. The summed E-state index contributed by atoms with van der Waals surface area (Å²) < 4.78 is 11.8. The Morgan fingerprint density at radius 2 is 1.68 bits per heavy atom. The van der Waals surface area contributed by atoms with Crippen LogP contribution in [0, 0.1) is 51.8 Å². The molecule has 2 saturated heterocycles. The molecule has 3 N–H and O–H groups in total. The normalized spacial score (nSPS) is 42.2. The molecule has 0 radical (unpaired) electrons. The lowest BCUT2D eigenvalue weighted by molar-refractivity contribution is -0.852. The van der Waals surface area contributed by atoms with Crippen molar-refractivity contribution < 1.29 is 34.2 Å². The highest BCUT2D eigenvalue weighted by molar-refractivity contribution is 6.02. The van der Waals surface area contributed by atoms with Crippen molar-refractivity contribution in [1.82, 2.24) is 0 Å². The van der Waals surface area contributed by atoms with E-state index in [1.165, 1.54) is 44.0 Å². The molecule has 5 fully saturated rings. The lowest BCUT2D eigenvalue weighted by Crippen LogP contribution is -3.10. The highest BCUT2D eigenvalue weighted by Gasteiger charge is 2.73. The Balaban J connectivity index is 1.09. The van der Waals surface area contributed by atoms with E-state index in [1.807, 2.05) is 13.8 Å². The van der Waals surface area contributed by atoms with Crippen molar-refractivity contribution in [2.24, 2.45) is 49.8 Å². The number of aryl methyl sites for hydroxylation is 1.